The minimum absolute atomic E-state index is 0.0806. The third kappa shape index (κ3) is 3.27. The van der Waals surface area contributed by atoms with Gasteiger partial charge in [-0.3, -0.25) is 0 Å². The van der Waals surface area contributed by atoms with Crippen molar-refractivity contribution in [2.24, 2.45) is 0 Å². The smallest absolute Gasteiger partial charge is 0.457 e. The molecule has 6 rings (SSSR count). The van der Waals surface area contributed by atoms with Gasteiger partial charge in [-0.25, -0.2) is 4.79 Å². The second kappa shape index (κ2) is 7.95. The van der Waals surface area contributed by atoms with Gasteiger partial charge in [-0.15, -0.1) is 0 Å². The molecular weight excluding hydrogens is 463 g/mol. The maximum Gasteiger partial charge on any atom is 0.495 e. The summed E-state index contributed by atoms with van der Waals surface area (Å²) in [5.41, 5.74) is 3.21. The Morgan fingerprint density at radius 2 is 1.47 bits per heavy atom. The molecule has 0 aliphatic carbocycles. The van der Waals surface area contributed by atoms with Crippen LogP contribution in [0.25, 0.3) is 21.9 Å². The van der Waals surface area contributed by atoms with E-state index in [0.29, 0.717) is 44.8 Å². The highest BCUT2D eigenvalue weighted by Crippen LogP contribution is 2.44. The number of fused-ring (bicyclic) bond motifs is 3. The van der Waals surface area contributed by atoms with E-state index in [-0.39, 0.29) is 26.6 Å². The summed E-state index contributed by atoms with van der Waals surface area (Å²) >= 11 is 0. The van der Waals surface area contributed by atoms with Crippen molar-refractivity contribution in [1.82, 2.24) is 0 Å². The van der Waals surface area contributed by atoms with E-state index in [1.54, 1.807) is 0 Å². The molecule has 8 nitrogen and oxygen atoms in total. The number of hydrogen-bond acceptors (Lipinski definition) is 8. The van der Waals surface area contributed by atoms with Gasteiger partial charge in [-0.1, -0.05) is 6.07 Å². The summed E-state index contributed by atoms with van der Waals surface area (Å²) in [5.74, 6) is 0.786. The monoisotopic (exact) mass is 490 g/mol. The summed E-state index contributed by atoms with van der Waals surface area (Å²) in [4.78, 5) is 13.2. The van der Waals surface area contributed by atoms with Gasteiger partial charge in [0.05, 0.1) is 30.0 Å². The van der Waals surface area contributed by atoms with Gasteiger partial charge >= 0.3 is 13.1 Å². The van der Waals surface area contributed by atoms with Gasteiger partial charge in [-0.2, -0.15) is 0 Å². The molecule has 3 aromatic rings. The van der Waals surface area contributed by atoms with Crippen LogP contribution in [0.4, 0.5) is 0 Å². The first-order valence-corrected chi connectivity index (χ1v) is 11.9. The average molecular weight is 490 g/mol. The van der Waals surface area contributed by atoms with Crippen LogP contribution in [0.3, 0.4) is 0 Å². The van der Waals surface area contributed by atoms with Crippen LogP contribution in [0.1, 0.15) is 54.7 Å². The van der Waals surface area contributed by atoms with E-state index in [9.17, 15) is 15.0 Å². The summed E-state index contributed by atoms with van der Waals surface area (Å²) in [5, 5.41) is 21.6. The Bertz CT molecular complexity index is 1410. The molecule has 3 aliphatic heterocycles. The van der Waals surface area contributed by atoms with E-state index in [2.05, 4.69) is 0 Å². The summed E-state index contributed by atoms with van der Waals surface area (Å²) < 4.78 is 29.5. The predicted molar refractivity (Wildman–Crippen MR) is 132 cm³/mol. The fraction of sp³-hybridized carbons (Fsp3) is 0.370. The Hall–Kier alpha value is -3.11. The van der Waals surface area contributed by atoms with Gasteiger partial charge < -0.3 is 33.7 Å². The number of ether oxygens (including phenoxy) is 3. The van der Waals surface area contributed by atoms with Gasteiger partial charge in [0.25, 0.3) is 0 Å². The summed E-state index contributed by atoms with van der Waals surface area (Å²) in [7, 11) is -0.752. The molecule has 3 aromatic carbocycles. The molecule has 9 heteroatoms. The van der Waals surface area contributed by atoms with Crippen LogP contribution in [-0.2, 0) is 33.9 Å². The second-order valence-electron chi connectivity index (χ2n) is 10.4. The van der Waals surface area contributed by atoms with Gasteiger partial charge in [0.1, 0.15) is 6.61 Å². The van der Waals surface area contributed by atoms with E-state index in [4.69, 9.17) is 23.5 Å². The first-order chi connectivity index (χ1) is 17.1. The van der Waals surface area contributed by atoms with Crippen molar-refractivity contribution in [3.63, 3.8) is 0 Å². The quantitative estimate of drug-likeness (QED) is 0.425. The number of cyclic esters (lactones) is 1. The molecule has 1 saturated heterocycles. The first kappa shape index (κ1) is 23.3. The zero-order chi connectivity index (χ0) is 25.4. The van der Waals surface area contributed by atoms with Crippen LogP contribution >= 0.6 is 0 Å². The van der Waals surface area contributed by atoms with Crippen LogP contribution < -0.4 is 14.9 Å². The zero-order valence-electron chi connectivity index (χ0n) is 20.6. The highest BCUT2D eigenvalue weighted by atomic mass is 16.7. The van der Waals surface area contributed by atoms with Crippen LogP contribution in [0.2, 0.25) is 0 Å². The van der Waals surface area contributed by atoms with Crippen molar-refractivity contribution in [3.05, 3.63) is 52.6 Å². The fourth-order valence-electron chi connectivity index (χ4n) is 5.16. The number of esters is 1. The van der Waals surface area contributed by atoms with Crippen molar-refractivity contribution in [2.75, 3.05) is 6.79 Å². The molecule has 36 heavy (non-hydrogen) atoms. The normalized spacial score (nSPS) is 19.2. The number of rotatable bonds is 4. The Kier molecular flexibility index (Phi) is 5.14. The SMILES string of the molecule is CC1(C)OB(c2c3c(c(-c4ccc5c(c4)OCO5)c4cc(CO)c(CO)cc24)C(=O)OC3)OC1(C)C. The zero-order valence-corrected chi connectivity index (χ0v) is 20.6. The van der Waals surface area contributed by atoms with Crippen LogP contribution in [-0.4, -0.2) is 41.3 Å². The van der Waals surface area contributed by atoms with Crippen LogP contribution in [0.15, 0.2) is 30.3 Å². The molecular formula is C27H27BO8. The van der Waals surface area contributed by atoms with Gasteiger partial charge in [0.15, 0.2) is 11.5 Å². The fourth-order valence-corrected chi connectivity index (χ4v) is 5.16. The highest BCUT2D eigenvalue weighted by Gasteiger charge is 2.53. The standard InChI is InChI=1S/C27H27BO8/c1-26(2)27(3,4)36-28(35-26)24-18-8-16(11-30)15(10-29)7-17(18)22(23-19(24)12-32-25(23)31)14-5-6-20-21(9-14)34-13-33-20/h5-9,29-30H,10-13H2,1-4H3. The minimum atomic E-state index is -0.752. The van der Waals surface area contributed by atoms with Crippen molar-refractivity contribution in [3.8, 4) is 22.6 Å². The number of aliphatic hydroxyl groups is 2. The van der Waals surface area contributed by atoms with Crippen LogP contribution in [0, 0.1) is 0 Å². The lowest BCUT2D eigenvalue weighted by atomic mass is 9.70. The molecule has 3 aliphatic rings. The van der Waals surface area contributed by atoms with E-state index in [1.807, 2.05) is 58.0 Å². The molecule has 2 N–H and O–H groups in total. The number of carbonyl (C=O) groups excluding carboxylic acids is 1. The lowest BCUT2D eigenvalue weighted by molar-refractivity contribution is 0.00578. The Labute approximate surface area is 208 Å². The van der Waals surface area contributed by atoms with Crippen molar-refractivity contribution >= 4 is 29.3 Å². The maximum atomic E-state index is 13.2. The first-order valence-electron chi connectivity index (χ1n) is 11.9. The van der Waals surface area contributed by atoms with E-state index >= 15 is 0 Å². The van der Waals surface area contributed by atoms with E-state index in [1.165, 1.54) is 0 Å². The topological polar surface area (TPSA) is 104 Å². The number of benzene rings is 3. The summed E-state index contributed by atoms with van der Waals surface area (Å²) in [6, 6.07) is 9.20. The van der Waals surface area contributed by atoms with Crippen molar-refractivity contribution in [2.45, 2.75) is 58.7 Å². The molecule has 0 amide bonds. The van der Waals surface area contributed by atoms with Crippen molar-refractivity contribution < 1.29 is 38.5 Å². The van der Waals surface area contributed by atoms with E-state index < -0.39 is 24.3 Å². The van der Waals surface area contributed by atoms with E-state index in [0.717, 1.165) is 16.3 Å². The average Bonchev–Trinajstić information content (AvgIpc) is 3.52. The molecule has 0 bridgehead atoms. The maximum absolute atomic E-state index is 13.2. The molecule has 0 spiro atoms. The molecule has 186 valence electrons. The molecule has 0 radical (unpaired) electrons. The van der Waals surface area contributed by atoms with Crippen molar-refractivity contribution in [1.29, 1.82) is 0 Å². The predicted octanol–water partition coefficient (Wildman–Crippen LogP) is 3.19. The third-order valence-electron chi connectivity index (χ3n) is 7.82. The Morgan fingerprint density at radius 1 is 0.833 bits per heavy atom. The Morgan fingerprint density at radius 3 is 2.14 bits per heavy atom. The molecule has 0 unspecified atom stereocenters. The second-order valence-corrected chi connectivity index (χ2v) is 10.4. The largest absolute Gasteiger partial charge is 0.495 e. The van der Waals surface area contributed by atoms with Gasteiger partial charge in [0, 0.05) is 11.1 Å². The summed E-state index contributed by atoms with van der Waals surface area (Å²) in [6.45, 7) is 7.59. The molecule has 0 aromatic heterocycles. The molecule has 0 atom stereocenters. The minimum Gasteiger partial charge on any atom is -0.457 e. The lowest BCUT2D eigenvalue weighted by Gasteiger charge is -2.32. The molecule has 1 fully saturated rings. The van der Waals surface area contributed by atoms with Crippen LogP contribution in [0.5, 0.6) is 11.5 Å². The number of hydrogen-bond donors (Lipinski definition) is 2. The van der Waals surface area contributed by atoms with Gasteiger partial charge in [0.2, 0.25) is 6.79 Å². The Balaban J connectivity index is 1.70. The molecule has 0 saturated carbocycles. The molecule has 3 heterocycles. The highest BCUT2D eigenvalue weighted by molar-refractivity contribution is 6.66. The number of aliphatic hydroxyl groups excluding tert-OH is 2. The summed E-state index contributed by atoms with van der Waals surface area (Å²) in [6.07, 6.45) is 0. The van der Waals surface area contributed by atoms with Gasteiger partial charge in [-0.05, 0) is 84.9 Å². The lowest BCUT2D eigenvalue weighted by Crippen LogP contribution is -2.41. The third-order valence-corrected chi connectivity index (χ3v) is 7.82. The number of carbonyl (C=O) groups is 1.